The van der Waals surface area contributed by atoms with E-state index in [-0.39, 0.29) is 26.4 Å². The van der Waals surface area contributed by atoms with E-state index in [1.54, 1.807) is 27.7 Å². The second kappa shape index (κ2) is 9.41. The van der Waals surface area contributed by atoms with Crippen LogP contribution in [0.1, 0.15) is 34.1 Å². The van der Waals surface area contributed by atoms with Crippen LogP contribution in [0.3, 0.4) is 0 Å². The van der Waals surface area contributed by atoms with E-state index < -0.39 is 17.7 Å². The smallest absolute Gasteiger partial charge is 0.409 e. The van der Waals surface area contributed by atoms with Gasteiger partial charge in [-0.3, -0.25) is 0 Å². The van der Waals surface area contributed by atoms with Gasteiger partial charge < -0.3 is 24.8 Å². The summed E-state index contributed by atoms with van der Waals surface area (Å²) in [7, 11) is 0. The number of alkyl carbamates (subject to hydrolysis) is 1. The van der Waals surface area contributed by atoms with Crippen LogP contribution in [-0.4, -0.2) is 60.6 Å². The highest BCUT2D eigenvalue weighted by Gasteiger charge is 2.27. The zero-order chi connectivity index (χ0) is 15.6. The number of carbonyl (C=O) groups is 2. The number of hydrogen-bond acceptors (Lipinski definition) is 5. The minimum atomic E-state index is -0.658. The summed E-state index contributed by atoms with van der Waals surface area (Å²) < 4.78 is 9.78. The maximum Gasteiger partial charge on any atom is 0.409 e. The van der Waals surface area contributed by atoms with Gasteiger partial charge in [0.15, 0.2) is 0 Å². The molecule has 0 aliphatic heterocycles. The lowest BCUT2D eigenvalue weighted by Crippen LogP contribution is -2.53. The third-order valence-corrected chi connectivity index (χ3v) is 2.41. The molecule has 0 bridgehead atoms. The molecule has 7 heteroatoms. The fraction of sp³-hybridized carbons (Fsp3) is 0.846. The van der Waals surface area contributed by atoms with Crippen LogP contribution in [0.2, 0.25) is 0 Å². The molecule has 0 heterocycles. The molecule has 2 N–H and O–H groups in total. The molecule has 0 radical (unpaired) electrons. The lowest BCUT2D eigenvalue weighted by molar-refractivity contribution is 0.0893. The Bertz CT molecular complexity index is 307. The Morgan fingerprint density at radius 1 is 1.20 bits per heavy atom. The zero-order valence-electron chi connectivity index (χ0n) is 12.8. The molecule has 7 nitrogen and oxygen atoms in total. The van der Waals surface area contributed by atoms with Crippen molar-refractivity contribution in [2.75, 3.05) is 32.9 Å². The van der Waals surface area contributed by atoms with Crippen molar-refractivity contribution in [3.05, 3.63) is 0 Å². The van der Waals surface area contributed by atoms with Gasteiger partial charge in [0.25, 0.3) is 0 Å². The Morgan fingerprint density at radius 2 is 1.80 bits per heavy atom. The van der Waals surface area contributed by atoms with Gasteiger partial charge in [0, 0.05) is 19.7 Å². The third kappa shape index (κ3) is 7.83. The third-order valence-electron chi connectivity index (χ3n) is 2.41. The van der Waals surface area contributed by atoms with E-state index >= 15 is 0 Å². The first-order chi connectivity index (χ1) is 9.36. The molecule has 0 aliphatic rings. The molecule has 0 atom stereocenters. The maximum absolute atomic E-state index is 11.8. The Morgan fingerprint density at radius 3 is 2.30 bits per heavy atom. The SMILES string of the molecule is CCOC(=O)NC(C)(C)CN(CCCO)C(=O)OCC. The molecule has 0 rings (SSSR count). The van der Waals surface area contributed by atoms with Crippen LogP contribution in [0.15, 0.2) is 0 Å². The number of ether oxygens (including phenoxy) is 2. The summed E-state index contributed by atoms with van der Waals surface area (Å²) in [5.74, 6) is 0. The fourth-order valence-corrected chi connectivity index (χ4v) is 1.67. The molecule has 0 aromatic rings. The summed E-state index contributed by atoms with van der Waals surface area (Å²) in [6.07, 6.45) is -0.531. The van der Waals surface area contributed by atoms with Gasteiger partial charge in [-0.25, -0.2) is 9.59 Å². The minimum absolute atomic E-state index is 0.0123. The lowest BCUT2D eigenvalue weighted by atomic mass is 10.1. The van der Waals surface area contributed by atoms with Gasteiger partial charge in [-0.2, -0.15) is 0 Å². The number of amides is 2. The number of carbonyl (C=O) groups excluding carboxylic acids is 2. The van der Waals surface area contributed by atoms with E-state index in [1.165, 1.54) is 4.90 Å². The summed E-state index contributed by atoms with van der Waals surface area (Å²) in [5.41, 5.74) is -0.658. The Labute approximate surface area is 120 Å². The van der Waals surface area contributed by atoms with Gasteiger partial charge in [-0.05, 0) is 34.1 Å². The van der Waals surface area contributed by atoms with Crippen LogP contribution in [0.5, 0.6) is 0 Å². The summed E-state index contributed by atoms with van der Waals surface area (Å²) in [4.78, 5) is 24.7. The van der Waals surface area contributed by atoms with Crippen LogP contribution >= 0.6 is 0 Å². The Kier molecular flexibility index (Phi) is 8.71. The number of aliphatic hydroxyl groups excluding tert-OH is 1. The molecule has 0 fully saturated rings. The summed E-state index contributed by atoms with van der Waals surface area (Å²) in [6, 6.07) is 0. The molecule has 0 aromatic heterocycles. The van der Waals surface area contributed by atoms with Crippen molar-refractivity contribution < 1.29 is 24.2 Å². The summed E-state index contributed by atoms with van der Waals surface area (Å²) in [5, 5.41) is 11.6. The topological polar surface area (TPSA) is 88.1 Å². The minimum Gasteiger partial charge on any atom is -0.450 e. The van der Waals surface area contributed by atoms with Crippen molar-refractivity contribution >= 4 is 12.2 Å². The Balaban J connectivity index is 4.59. The van der Waals surface area contributed by atoms with E-state index in [4.69, 9.17) is 14.6 Å². The lowest BCUT2D eigenvalue weighted by Gasteiger charge is -2.32. The van der Waals surface area contributed by atoms with Crippen LogP contribution in [0, 0.1) is 0 Å². The quantitative estimate of drug-likeness (QED) is 0.704. The zero-order valence-corrected chi connectivity index (χ0v) is 12.8. The number of nitrogens with one attached hydrogen (secondary N) is 1. The number of aliphatic hydroxyl groups is 1. The average molecular weight is 290 g/mol. The summed E-state index contributed by atoms with van der Waals surface area (Å²) >= 11 is 0. The Hall–Kier alpha value is -1.50. The van der Waals surface area contributed by atoms with Crippen molar-refractivity contribution in [2.24, 2.45) is 0 Å². The molecule has 118 valence electrons. The van der Waals surface area contributed by atoms with E-state index in [0.29, 0.717) is 13.0 Å². The van der Waals surface area contributed by atoms with Gasteiger partial charge in [0.1, 0.15) is 0 Å². The monoisotopic (exact) mass is 290 g/mol. The molecule has 2 amide bonds. The van der Waals surface area contributed by atoms with Crippen LogP contribution in [-0.2, 0) is 9.47 Å². The predicted molar refractivity (Wildman–Crippen MR) is 74.5 cm³/mol. The van der Waals surface area contributed by atoms with Crippen molar-refractivity contribution in [1.29, 1.82) is 0 Å². The highest BCUT2D eigenvalue weighted by molar-refractivity contribution is 5.69. The molecule has 0 aliphatic carbocycles. The highest BCUT2D eigenvalue weighted by atomic mass is 16.6. The molecular formula is C13H26N2O5. The molecule has 20 heavy (non-hydrogen) atoms. The first-order valence-electron chi connectivity index (χ1n) is 6.83. The first-order valence-corrected chi connectivity index (χ1v) is 6.83. The second-order valence-corrected chi connectivity index (χ2v) is 4.93. The van der Waals surface area contributed by atoms with Gasteiger partial charge in [0.05, 0.1) is 18.8 Å². The van der Waals surface area contributed by atoms with Crippen LogP contribution in [0.4, 0.5) is 9.59 Å². The van der Waals surface area contributed by atoms with Crippen molar-refractivity contribution in [1.82, 2.24) is 10.2 Å². The van der Waals surface area contributed by atoms with Gasteiger partial charge >= 0.3 is 12.2 Å². The maximum atomic E-state index is 11.8. The van der Waals surface area contributed by atoms with E-state index in [9.17, 15) is 9.59 Å². The van der Waals surface area contributed by atoms with E-state index in [2.05, 4.69) is 5.32 Å². The van der Waals surface area contributed by atoms with E-state index in [1.807, 2.05) is 0 Å². The normalized spacial score (nSPS) is 10.8. The molecule has 0 saturated heterocycles. The number of hydrogen-bond donors (Lipinski definition) is 2. The van der Waals surface area contributed by atoms with E-state index in [0.717, 1.165) is 0 Å². The van der Waals surface area contributed by atoms with Gasteiger partial charge in [0.2, 0.25) is 0 Å². The van der Waals surface area contributed by atoms with Gasteiger partial charge in [-0.1, -0.05) is 0 Å². The molecule has 0 unspecified atom stereocenters. The highest BCUT2D eigenvalue weighted by Crippen LogP contribution is 2.08. The first kappa shape index (κ1) is 18.5. The molecule has 0 spiro atoms. The predicted octanol–water partition coefficient (Wildman–Crippen LogP) is 1.35. The largest absolute Gasteiger partial charge is 0.450 e. The summed E-state index contributed by atoms with van der Waals surface area (Å²) in [6.45, 7) is 8.21. The standard InChI is InChI=1S/C13H26N2O5/c1-5-19-11(17)14-13(3,4)10-15(8-7-9-16)12(18)20-6-2/h16H,5-10H2,1-4H3,(H,14,17). The van der Waals surface area contributed by atoms with Crippen LogP contribution in [0.25, 0.3) is 0 Å². The number of rotatable bonds is 8. The van der Waals surface area contributed by atoms with Crippen molar-refractivity contribution in [2.45, 2.75) is 39.7 Å². The average Bonchev–Trinajstić information content (AvgIpc) is 2.34. The molecule has 0 aromatic carbocycles. The molecule has 0 saturated carbocycles. The molecular weight excluding hydrogens is 264 g/mol. The van der Waals surface area contributed by atoms with Crippen molar-refractivity contribution in [3.63, 3.8) is 0 Å². The number of nitrogens with zero attached hydrogens (tertiary/aromatic N) is 1. The second-order valence-electron chi connectivity index (χ2n) is 4.93. The van der Waals surface area contributed by atoms with Crippen molar-refractivity contribution in [3.8, 4) is 0 Å². The fourth-order valence-electron chi connectivity index (χ4n) is 1.67. The van der Waals surface area contributed by atoms with Crippen LogP contribution < -0.4 is 5.32 Å². The van der Waals surface area contributed by atoms with Gasteiger partial charge in [-0.15, -0.1) is 0 Å².